The Balaban J connectivity index is 0.00000361. The van der Waals surface area contributed by atoms with Crippen LogP contribution < -0.4 is 11.1 Å². The van der Waals surface area contributed by atoms with E-state index in [4.69, 9.17) is 5.73 Å². The Bertz CT molecular complexity index is 390. The fraction of sp³-hybridized carbons (Fsp3) is 0.533. The molecule has 4 nitrogen and oxygen atoms in total. The van der Waals surface area contributed by atoms with Crippen molar-refractivity contribution in [3.63, 3.8) is 0 Å². The van der Waals surface area contributed by atoms with E-state index in [0.717, 1.165) is 6.54 Å². The van der Waals surface area contributed by atoms with Gasteiger partial charge in [0.1, 0.15) is 0 Å². The van der Waals surface area contributed by atoms with Crippen molar-refractivity contribution in [3.8, 4) is 0 Å². The summed E-state index contributed by atoms with van der Waals surface area (Å²) in [6, 6.07) is 10.1. The second kappa shape index (κ2) is 8.95. The molecule has 0 aliphatic heterocycles. The third-order valence-electron chi connectivity index (χ3n) is 2.58. The molecule has 0 saturated heterocycles. The molecule has 1 rings (SSSR count). The number of hydrogen-bond donors (Lipinski definition) is 2. The van der Waals surface area contributed by atoms with Crippen LogP contribution in [-0.2, 0) is 11.3 Å². The van der Waals surface area contributed by atoms with E-state index in [0.29, 0.717) is 19.6 Å². The summed E-state index contributed by atoms with van der Waals surface area (Å²) < 4.78 is 0. The Morgan fingerprint density at radius 1 is 1.25 bits per heavy atom. The molecule has 0 aliphatic carbocycles. The van der Waals surface area contributed by atoms with Crippen LogP contribution in [0.4, 0.5) is 0 Å². The molecule has 1 aromatic carbocycles. The number of halogens is 1. The highest BCUT2D eigenvalue weighted by atomic mass is 35.5. The molecule has 1 aromatic rings. The largest absolute Gasteiger partial charge is 0.350 e. The molecule has 5 heteroatoms. The Hall–Kier alpha value is -1.10. The van der Waals surface area contributed by atoms with Crippen LogP contribution in [0.3, 0.4) is 0 Å². The third kappa shape index (κ3) is 8.15. The van der Waals surface area contributed by atoms with Crippen molar-refractivity contribution in [2.24, 2.45) is 5.73 Å². The molecule has 3 N–H and O–H groups in total. The van der Waals surface area contributed by atoms with Crippen molar-refractivity contribution < 1.29 is 4.79 Å². The van der Waals surface area contributed by atoms with Crippen LogP contribution in [0.25, 0.3) is 0 Å². The lowest BCUT2D eigenvalue weighted by atomic mass is 10.1. The van der Waals surface area contributed by atoms with Gasteiger partial charge in [-0.2, -0.15) is 0 Å². The summed E-state index contributed by atoms with van der Waals surface area (Å²) in [5.41, 5.74) is 6.61. The van der Waals surface area contributed by atoms with E-state index in [2.05, 4.69) is 22.3 Å². The second-order valence-corrected chi connectivity index (χ2v) is 5.78. The van der Waals surface area contributed by atoms with E-state index in [1.807, 2.05) is 39.0 Å². The predicted octanol–water partition coefficient (Wildman–Crippen LogP) is 1.78. The minimum absolute atomic E-state index is 0. The Morgan fingerprint density at radius 2 is 1.85 bits per heavy atom. The summed E-state index contributed by atoms with van der Waals surface area (Å²) in [5.74, 6) is 0.0388. The minimum atomic E-state index is -0.196. The van der Waals surface area contributed by atoms with E-state index < -0.39 is 0 Å². The van der Waals surface area contributed by atoms with E-state index >= 15 is 0 Å². The first-order valence-electron chi connectivity index (χ1n) is 6.68. The van der Waals surface area contributed by atoms with Crippen molar-refractivity contribution in [1.29, 1.82) is 0 Å². The van der Waals surface area contributed by atoms with E-state index in [1.165, 1.54) is 5.56 Å². The maximum atomic E-state index is 11.9. The van der Waals surface area contributed by atoms with Crippen LogP contribution in [0.15, 0.2) is 30.3 Å². The number of nitrogens with one attached hydrogen (secondary N) is 1. The lowest BCUT2D eigenvalue weighted by Crippen LogP contribution is -2.46. The number of amides is 1. The number of rotatable bonds is 6. The van der Waals surface area contributed by atoms with Crippen LogP contribution in [0, 0.1) is 0 Å². The Labute approximate surface area is 128 Å². The number of nitrogens with two attached hydrogens (primary N) is 1. The number of hydrogen-bond acceptors (Lipinski definition) is 3. The second-order valence-electron chi connectivity index (χ2n) is 5.78. The molecule has 1 amide bonds. The molecule has 114 valence electrons. The van der Waals surface area contributed by atoms with Gasteiger partial charge in [-0.1, -0.05) is 30.3 Å². The van der Waals surface area contributed by atoms with Crippen molar-refractivity contribution in [2.45, 2.75) is 32.9 Å². The molecule has 20 heavy (non-hydrogen) atoms. The third-order valence-corrected chi connectivity index (χ3v) is 2.58. The zero-order valence-electron chi connectivity index (χ0n) is 12.6. The summed E-state index contributed by atoms with van der Waals surface area (Å²) >= 11 is 0. The Kier molecular flexibility index (Phi) is 8.46. The highest BCUT2D eigenvalue weighted by molar-refractivity contribution is 5.85. The predicted molar refractivity (Wildman–Crippen MR) is 85.9 cm³/mol. The molecule has 0 heterocycles. The normalized spacial score (nSPS) is 11.1. The van der Waals surface area contributed by atoms with Gasteiger partial charge < -0.3 is 11.1 Å². The summed E-state index contributed by atoms with van der Waals surface area (Å²) in [6.45, 7) is 8.33. The molecule has 0 spiro atoms. The van der Waals surface area contributed by atoms with Gasteiger partial charge in [-0.15, -0.1) is 12.4 Å². The zero-order chi connectivity index (χ0) is 14.3. The van der Waals surface area contributed by atoms with Crippen molar-refractivity contribution in [3.05, 3.63) is 35.9 Å². The number of benzene rings is 1. The molecule has 0 saturated carbocycles. The van der Waals surface area contributed by atoms with Gasteiger partial charge in [0, 0.05) is 25.2 Å². The van der Waals surface area contributed by atoms with Gasteiger partial charge in [0.15, 0.2) is 0 Å². The summed E-state index contributed by atoms with van der Waals surface area (Å²) in [7, 11) is 0. The van der Waals surface area contributed by atoms with Crippen LogP contribution in [-0.4, -0.2) is 36.0 Å². The standard InChI is InChI=1S/C15H25N3O.ClH/c1-15(2,3)17-14(19)12-18(10-9-16)11-13-7-5-4-6-8-13;/h4-8H,9-12,16H2,1-3H3,(H,17,19);1H. The first-order valence-corrected chi connectivity index (χ1v) is 6.68. The fourth-order valence-corrected chi connectivity index (χ4v) is 1.90. The number of carbonyl (C=O) groups excluding carboxylic acids is 1. The molecule has 0 bridgehead atoms. The molecule has 0 atom stereocenters. The summed E-state index contributed by atoms with van der Waals surface area (Å²) in [4.78, 5) is 14.0. The van der Waals surface area contributed by atoms with Crippen molar-refractivity contribution >= 4 is 18.3 Å². The summed E-state index contributed by atoms with van der Waals surface area (Å²) in [6.07, 6.45) is 0. The lowest BCUT2D eigenvalue weighted by molar-refractivity contribution is -0.123. The van der Waals surface area contributed by atoms with Crippen molar-refractivity contribution in [2.75, 3.05) is 19.6 Å². The lowest BCUT2D eigenvalue weighted by Gasteiger charge is -2.25. The molecule has 0 aliphatic rings. The van der Waals surface area contributed by atoms with Crippen molar-refractivity contribution in [1.82, 2.24) is 10.2 Å². The number of nitrogens with zero attached hydrogens (tertiary/aromatic N) is 1. The number of carbonyl (C=O) groups is 1. The monoisotopic (exact) mass is 299 g/mol. The highest BCUT2D eigenvalue weighted by Gasteiger charge is 2.16. The zero-order valence-corrected chi connectivity index (χ0v) is 13.4. The smallest absolute Gasteiger partial charge is 0.234 e. The van der Waals surface area contributed by atoms with Gasteiger partial charge in [0.25, 0.3) is 0 Å². The maximum Gasteiger partial charge on any atom is 0.234 e. The molecule has 0 aromatic heterocycles. The van der Waals surface area contributed by atoms with Crippen LogP contribution >= 0.6 is 12.4 Å². The average molecular weight is 300 g/mol. The van der Waals surface area contributed by atoms with Crippen LogP contribution in [0.1, 0.15) is 26.3 Å². The first kappa shape index (κ1) is 18.9. The van der Waals surface area contributed by atoms with Gasteiger partial charge in [-0.05, 0) is 26.3 Å². The first-order chi connectivity index (χ1) is 8.90. The van der Waals surface area contributed by atoms with Gasteiger partial charge in [0.2, 0.25) is 5.91 Å². The highest BCUT2D eigenvalue weighted by Crippen LogP contribution is 2.04. The minimum Gasteiger partial charge on any atom is -0.350 e. The van der Waals surface area contributed by atoms with Gasteiger partial charge in [-0.25, -0.2) is 0 Å². The average Bonchev–Trinajstić information content (AvgIpc) is 2.27. The van der Waals surface area contributed by atoms with Gasteiger partial charge in [-0.3, -0.25) is 9.69 Å². The SMILES string of the molecule is CC(C)(C)NC(=O)CN(CCN)Cc1ccccc1.Cl. The molecular weight excluding hydrogens is 274 g/mol. The Morgan fingerprint density at radius 3 is 2.35 bits per heavy atom. The van der Waals surface area contributed by atoms with Crippen LogP contribution in [0.2, 0.25) is 0 Å². The quantitative estimate of drug-likeness (QED) is 0.842. The molecule has 0 fully saturated rings. The van der Waals surface area contributed by atoms with Crippen LogP contribution in [0.5, 0.6) is 0 Å². The summed E-state index contributed by atoms with van der Waals surface area (Å²) in [5, 5.41) is 2.97. The topological polar surface area (TPSA) is 58.4 Å². The van der Waals surface area contributed by atoms with Gasteiger partial charge >= 0.3 is 0 Å². The van der Waals surface area contributed by atoms with E-state index in [1.54, 1.807) is 0 Å². The van der Waals surface area contributed by atoms with E-state index in [-0.39, 0.29) is 23.9 Å². The molecule has 0 unspecified atom stereocenters. The molecular formula is C15H26ClN3O. The maximum absolute atomic E-state index is 11.9. The molecule has 0 radical (unpaired) electrons. The fourth-order valence-electron chi connectivity index (χ4n) is 1.90. The van der Waals surface area contributed by atoms with Gasteiger partial charge in [0.05, 0.1) is 6.54 Å². The van der Waals surface area contributed by atoms with E-state index in [9.17, 15) is 4.79 Å².